The molecule has 2 heterocycles. The molecule has 116 valence electrons. The summed E-state index contributed by atoms with van der Waals surface area (Å²) >= 11 is 0. The summed E-state index contributed by atoms with van der Waals surface area (Å²) in [5.41, 5.74) is 3.93. The van der Waals surface area contributed by atoms with Gasteiger partial charge in [0.15, 0.2) is 5.65 Å². The number of carbonyl (C=O) groups excluding carboxylic acids is 1. The van der Waals surface area contributed by atoms with Gasteiger partial charge in [0.05, 0.1) is 5.56 Å². The first-order valence-corrected chi connectivity index (χ1v) is 7.56. The maximum absolute atomic E-state index is 13.0. The molecule has 0 fully saturated rings. The van der Waals surface area contributed by atoms with Crippen molar-refractivity contribution >= 4 is 17.2 Å². The largest absolute Gasteiger partial charge is 0.322 e. The molecule has 0 saturated heterocycles. The van der Waals surface area contributed by atoms with Crippen molar-refractivity contribution in [3.63, 3.8) is 0 Å². The van der Waals surface area contributed by atoms with Crippen LogP contribution in [0.3, 0.4) is 0 Å². The Morgan fingerprint density at radius 1 is 1.35 bits per heavy atom. The van der Waals surface area contributed by atoms with Gasteiger partial charge in [-0.25, -0.2) is 4.39 Å². The van der Waals surface area contributed by atoms with E-state index in [0.29, 0.717) is 22.8 Å². The van der Waals surface area contributed by atoms with E-state index in [1.807, 2.05) is 10.5 Å². The second-order valence-corrected chi connectivity index (χ2v) is 5.89. The number of hydrogen-bond acceptors (Lipinski definition) is 3. The molecule has 1 N–H and O–H groups in total. The lowest BCUT2D eigenvalue weighted by Gasteiger charge is -2.11. The summed E-state index contributed by atoms with van der Waals surface area (Å²) < 4.78 is 14.9. The number of rotatable bonds is 2. The molecule has 23 heavy (non-hydrogen) atoms. The van der Waals surface area contributed by atoms with Gasteiger partial charge in [-0.3, -0.25) is 9.20 Å². The highest BCUT2D eigenvalue weighted by atomic mass is 19.1. The minimum Gasteiger partial charge on any atom is -0.322 e. The minimum absolute atomic E-state index is 0.267. The Labute approximate surface area is 132 Å². The van der Waals surface area contributed by atoms with Crippen molar-refractivity contribution < 1.29 is 9.18 Å². The molecule has 0 unspecified atom stereocenters. The third-order valence-corrected chi connectivity index (χ3v) is 4.40. The Morgan fingerprint density at radius 3 is 2.91 bits per heavy atom. The summed E-state index contributed by atoms with van der Waals surface area (Å²) in [6, 6.07) is 7.60. The van der Waals surface area contributed by atoms with Crippen LogP contribution in [0.25, 0.3) is 5.65 Å². The van der Waals surface area contributed by atoms with Crippen LogP contribution in [0.4, 0.5) is 10.1 Å². The average molecular weight is 310 g/mol. The van der Waals surface area contributed by atoms with Crippen molar-refractivity contribution in [3.8, 4) is 0 Å². The van der Waals surface area contributed by atoms with Crippen LogP contribution in [0.15, 0.2) is 36.7 Å². The first kappa shape index (κ1) is 13.9. The van der Waals surface area contributed by atoms with Gasteiger partial charge >= 0.3 is 0 Å². The van der Waals surface area contributed by atoms with Crippen LogP contribution < -0.4 is 5.32 Å². The summed E-state index contributed by atoms with van der Waals surface area (Å²) in [5, 5.41) is 10.8. The van der Waals surface area contributed by atoms with Crippen LogP contribution in [-0.4, -0.2) is 20.5 Å². The van der Waals surface area contributed by atoms with E-state index in [9.17, 15) is 9.18 Å². The molecule has 4 rings (SSSR count). The second-order valence-electron chi connectivity index (χ2n) is 5.89. The zero-order chi connectivity index (χ0) is 16.0. The number of benzene rings is 1. The molecule has 0 aliphatic heterocycles. The van der Waals surface area contributed by atoms with Gasteiger partial charge in [0, 0.05) is 11.4 Å². The second kappa shape index (κ2) is 5.15. The predicted octanol–water partition coefficient (Wildman–Crippen LogP) is 3.17. The Morgan fingerprint density at radius 2 is 2.13 bits per heavy atom. The van der Waals surface area contributed by atoms with E-state index in [-0.39, 0.29) is 11.7 Å². The maximum atomic E-state index is 13.0. The predicted molar refractivity (Wildman–Crippen MR) is 84.1 cm³/mol. The fourth-order valence-corrected chi connectivity index (χ4v) is 3.16. The van der Waals surface area contributed by atoms with Crippen LogP contribution in [0, 0.1) is 5.82 Å². The molecule has 0 saturated carbocycles. The highest BCUT2D eigenvalue weighted by Gasteiger charge is 2.25. The molecule has 1 atom stereocenters. The number of aromatic nitrogens is 3. The summed E-state index contributed by atoms with van der Waals surface area (Å²) in [4.78, 5) is 12.6. The zero-order valence-electron chi connectivity index (χ0n) is 12.6. The van der Waals surface area contributed by atoms with Gasteiger partial charge in [-0.2, -0.15) is 0 Å². The minimum atomic E-state index is -0.339. The van der Waals surface area contributed by atoms with Crippen molar-refractivity contribution in [2.75, 3.05) is 5.32 Å². The van der Waals surface area contributed by atoms with Gasteiger partial charge in [0.25, 0.3) is 5.91 Å². The number of nitrogens with zero attached hydrogens (tertiary/aromatic N) is 3. The van der Waals surface area contributed by atoms with E-state index < -0.39 is 0 Å². The smallest absolute Gasteiger partial charge is 0.259 e. The highest BCUT2D eigenvalue weighted by Crippen LogP contribution is 2.34. The molecular formula is C17H15FN4O. The van der Waals surface area contributed by atoms with Crippen molar-refractivity contribution in [2.24, 2.45) is 0 Å². The van der Waals surface area contributed by atoms with E-state index in [2.05, 4.69) is 22.4 Å². The molecular weight excluding hydrogens is 295 g/mol. The lowest BCUT2D eigenvalue weighted by Crippen LogP contribution is -2.15. The molecule has 1 amide bonds. The Bertz CT molecular complexity index is 901. The monoisotopic (exact) mass is 310 g/mol. The first-order valence-electron chi connectivity index (χ1n) is 7.56. The number of anilines is 1. The molecule has 1 aliphatic carbocycles. The molecule has 6 heteroatoms. The van der Waals surface area contributed by atoms with Crippen molar-refractivity contribution in [3.05, 3.63) is 59.3 Å². The summed E-state index contributed by atoms with van der Waals surface area (Å²) in [6.07, 6.45) is 3.68. The maximum Gasteiger partial charge on any atom is 0.259 e. The van der Waals surface area contributed by atoms with Gasteiger partial charge in [0.1, 0.15) is 12.1 Å². The lowest BCUT2D eigenvalue weighted by molar-refractivity contribution is 0.102. The van der Waals surface area contributed by atoms with Crippen LogP contribution in [-0.2, 0) is 6.42 Å². The van der Waals surface area contributed by atoms with Crippen LogP contribution in [0.2, 0.25) is 0 Å². The molecule has 0 radical (unpaired) electrons. The molecule has 5 nitrogen and oxygen atoms in total. The number of carbonyl (C=O) groups is 1. The van der Waals surface area contributed by atoms with Crippen LogP contribution in [0.5, 0.6) is 0 Å². The van der Waals surface area contributed by atoms with Crippen LogP contribution in [0.1, 0.15) is 40.9 Å². The number of halogens is 1. The SMILES string of the molecule is C[C@H]1CCc2c1cc(C(=O)Nc1ccc(F)cc1)c1nncn21. The molecule has 0 spiro atoms. The molecule has 2 aromatic heterocycles. The van der Waals surface area contributed by atoms with E-state index in [1.165, 1.54) is 35.5 Å². The van der Waals surface area contributed by atoms with Crippen molar-refractivity contribution in [2.45, 2.75) is 25.7 Å². The van der Waals surface area contributed by atoms with Crippen molar-refractivity contribution in [1.29, 1.82) is 0 Å². The van der Waals surface area contributed by atoms with E-state index in [1.54, 1.807) is 6.33 Å². The third kappa shape index (κ3) is 2.27. The number of amides is 1. The van der Waals surface area contributed by atoms with E-state index in [0.717, 1.165) is 12.8 Å². The van der Waals surface area contributed by atoms with E-state index >= 15 is 0 Å². The molecule has 1 aromatic carbocycles. The van der Waals surface area contributed by atoms with Gasteiger partial charge in [-0.05, 0) is 54.7 Å². The average Bonchev–Trinajstić information content (AvgIpc) is 3.15. The Balaban J connectivity index is 1.76. The molecule has 1 aliphatic rings. The molecule has 3 aromatic rings. The fourth-order valence-electron chi connectivity index (χ4n) is 3.16. The Hall–Kier alpha value is -2.76. The van der Waals surface area contributed by atoms with Gasteiger partial charge < -0.3 is 5.32 Å². The summed E-state index contributed by atoms with van der Waals surface area (Å²) in [6.45, 7) is 2.16. The van der Waals surface area contributed by atoms with Crippen molar-refractivity contribution in [1.82, 2.24) is 14.6 Å². The quantitative estimate of drug-likeness (QED) is 0.791. The zero-order valence-corrected chi connectivity index (χ0v) is 12.6. The standard InChI is InChI=1S/C17H15FN4O/c1-10-2-7-15-13(10)8-14(16-21-19-9-22(15)16)17(23)20-12-5-3-11(18)4-6-12/h3-6,8-10H,2,7H2,1H3,(H,20,23)/t10-/m0/s1. The summed E-state index contributed by atoms with van der Waals surface area (Å²) in [7, 11) is 0. The number of pyridine rings is 1. The van der Waals surface area contributed by atoms with Gasteiger partial charge in [-0.1, -0.05) is 6.92 Å². The number of hydrogen-bond donors (Lipinski definition) is 1. The van der Waals surface area contributed by atoms with Gasteiger partial charge in [-0.15, -0.1) is 10.2 Å². The topological polar surface area (TPSA) is 59.3 Å². The molecule has 0 bridgehead atoms. The lowest BCUT2D eigenvalue weighted by atomic mass is 10.0. The number of fused-ring (bicyclic) bond motifs is 3. The number of nitrogens with one attached hydrogen (secondary N) is 1. The normalized spacial score (nSPS) is 16.5. The summed E-state index contributed by atoms with van der Waals surface area (Å²) in [5.74, 6) is -0.195. The van der Waals surface area contributed by atoms with Crippen LogP contribution >= 0.6 is 0 Å². The Kier molecular flexibility index (Phi) is 3.11. The van der Waals surface area contributed by atoms with E-state index in [4.69, 9.17) is 0 Å². The number of aryl methyl sites for hydroxylation is 1. The van der Waals surface area contributed by atoms with Gasteiger partial charge in [0.2, 0.25) is 0 Å². The fraction of sp³-hybridized carbons (Fsp3) is 0.235. The third-order valence-electron chi connectivity index (χ3n) is 4.40. The first-order chi connectivity index (χ1) is 11.1. The highest BCUT2D eigenvalue weighted by molar-refractivity contribution is 6.08.